The van der Waals surface area contributed by atoms with Gasteiger partial charge in [0, 0.05) is 29.4 Å². The number of pyridine rings is 1. The highest BCUT2D eigenvalue weighted by atomic mass is 16.5. The number of aromatic amines is 1. The molecule has 0 saturated heterocycles. The first-order valence-electron chi connectivity index (χ1n) is 7.80. The van der Waals surface area contributed by atoms with Crippen molar-refractivity contribution in [3.63, 3.8) is 0 Å². The summed E-state index contributed by atoms with van der Waals surface area (Å²) in [4.78, 5) is 7.35. The lowest BCUT2D eigenvalue weighted by Gasteiger charge is -2.11. The van der Waals surface area contributed by atoms with E-state index in [4.69, 9.17) is 21.3 Å². The van der Waals surface area contributed by atoms with E-state index in [0.29, 0.717) is 5.56 Å². The monoisotopic (exact) mass is 319 g/mol. The van der Waals surface area contributed by atoms with Crippen LogP contribution >= 0.6 is 0 Å². The number of benzene rings is 1. The molecule has 1 saturated carbocycles. The van der Waals surface area contributed by atoms with Gasteiger partial charge < -0.3 is 15.5 Å². The molecular weight excluding hydrogens is 302 g/mol. The van der Waals surface area contributed by atoms with E-state index in [1.807, 2.05) is 24.4 Å². The molecule has 120 valence electrons. The molecule has 0 radical (unpaired) electrons. The van der Waals surface area contributed by atoms with Crippen LogP contribution in [0.2, 0.25) is 0 Å². The van der Waals surface area contributed by atoms with Gasteiger partial charge in [0.2, 0.25) is 5.90 Å². The van der Waals surface area contributed by atoms with E-state index in [0.717, 1.165) is 34.9 Å². The van der Waals surface area contributed by atoms with Crippen LogP contribution in [0.4, 0.5) is 5.82 Å². The number of aromatic nitrogens is 2. The van der Waals surface area contributed by atoms with Gasteiger partial charge in [-0.25, -0.2) is 4.98 Å². The Morgan fingerprint density at radius 3 is 2.79 bits per heavy atom. The van der Waals surface area contributed by atoms with Gasteiger partial charge in [0.25, 0.3) is 0 Å². The zero-order valence-corrected chi connectivity index (χ0v) is 13.0. The molecule has 1 fully saturated rings. The third-order valence-corrected chi connectivity index (χ3v) is 4.21. The molecule has 1 aliphatic rings. The van der Waals surface area contributed by atoms with Crippen molar-refractivity contribution in [1.29, 1.82) is 10.8 Å². The predicted molar refractivity (Wildman–Crippen MR) is 94.3 cm³/mol. The summed E-state index contributed by atoms with van der Waals surface area (Å²) >= 11 is 0. The summed E-state index contributed by atoms with van der Waals surface area (Å²) in [6.45, 7) is 0. The van der Waals surface area contributed by atoms with Gasteiger partial charge in [-0.05, 0) is 48.1 Å². The lowest BCUT2D eigenvalue weighted by Crippen LogP contribution is -2.15. The fourth-order valence-electron chi connectivity index (χ4n) is 2.64. The standard InChI is InChI=1S/C18H17N5O/c19-16-14(18(21)24-17(20)10-1-2-10)8-13(9-23-16)11-3-4-15-12(7-11)5-6-22-15/h3-10,20-22H,1-2H2,(H2,19,23). The zero-order valence-electron chi connectivity index (χ0n) is 13.0. The number of nitrogens with zero attached hydrogens (tertiary/aromatic N) is 1. The molecule has 4 rings (SSSR count). The summed E-state index contributed by atoms with van der Waals surface area (Å²) in [5.74, 6) is 0.397. The minimum Gasteiger partial charge on any atom is -0.425 e. The van der Waals surface area contributed by atoms with Crippen molar-refractivity contribution in [2.45, 2.75) is 12.8 Å². The Balaban J connectivity index is 1.67. The van der Waals surface area contributed by atoms with Gasteiger partial charge in [-0.1, -0.05) is 6.07 Å². The Hall–Kier alpha value is -3.15. The fraction of sp³-hybridized carbons (Fsp3) is 0.167. The molecule has 2 aromatic heterocycles. The van der Waals surface area contributed by atoms with Crippen LogP contribution in [0.15, 0.2) is 42.7 Å². The Bertz CT molecular complexity index is 955. The summed E-state index contributed by atoms with van der Waals surface area (Å²) < 4.78 is 5.33. The van der Waals surface area contributed by atoms with Crippen LogP contribution in [0.25, 0.3) is 22.0 Å². The number of H-pyrrole nitrogens is 1. The SMILES string of the molecule is N=C(OC(=N)C1CC1)c1cc(-c2ccc3[nH]ccc3c2)cnc1N. The van der Waals surface area contributed by atoms with Crippen molar-refractivity contribution in [2.24, 2.45) is 5.92 Å². The van der Waals surface area contributed by atoms with Crippen LogP contribution < -0.4 is 5.73 Å². The van der Waals surface area contributed by atoms with Gasteiger partial charge in [0.1, 0.15) is 5.82 Å². The second-order valence-electron chi connectivity index (χ2n) is 6.01. The number of hydrogen-bond acceptors (Lipinski definition) is 5. The van der Waals surface area contributed by atoms with E-state index in [1.165, 1.54) is 0 Å². The summed E-state index contributed by atoms with van der Waals surface area (Å²) in [5.41, 5.74) is 9.22. The summed E-state index contributed by atoms with van der Waals surface area (Å²) in [6.07, 6.45) is 5.49. The minimum atomic E-state index is -0.124. The Morgan fingerprint density at radius 1 is 1.17 bits per heavy atom. The molecule has 0 aliphatic heterocycles. The molecule has 24 heavy (non-hydrogen) atoms. The van der Waals surface area contributed by atoms with Gasteiger partial charge in [-0.15, -0.1) is 0 Å². The molecular formula is C18H17N5O. The smallest absolute Gasteiger partial charge is 0.224 e. The summed E-state index contributed by atoms with van der Waals surface area (Å²) in [7, 11) is 0. The number of ether oxygens (including phenoxy) is 1. The summed E-state index contributed by atoms with van der Waals surface area (Å²) in [5, 5.41) is 17.0. The van der Waals surface area contributed by atoms with Crippen molar-refractivity contribution in [3.8, 4) is 11.1 Å². The van der Waals surface area contributed by atoms with E-state index < -0.39 is 0 Å². The Labute approximate surface area is 138 Å². The average molecular weight is 319 g/mol. The van der Waals surface area contributed by atoms with Crippen molar-refractivity contribution in [1.82, 2.24) is 9.97 Å². The first-order chi connectivity index (χ1) is 11.6. The second-order valence-corrected chi connectivity index (χ2v) is 6.01. The molecule has 0 amide bonds. The van der Waals surface area contributed by atoms with E-state index in [-0.39, 0.29) is 23.5 Å². The van der Waals surface area contributed by atoms with E-state index in [9.17, 15) is 0 Å². The lowest BCUT2D eigenvalue weighted by atomic mass is 10.0. The van der Waals surface area contributed by atoms with Gasteiger partial charge in [0.05, 0.1) is 5.56 Å². The third-order valence-electron chi connectivity index (χ3n) is 4.21. The van der Waals surface area contributed by atoms with Crippen LogP contribution in [-0.2, 0) is 4.74 Å². The molecule has 0 unspecified atom stereocenters. The molecule has 0 atom stereocenters. The number of rotatable bonds is 3. The van der Waals surface area contributed by atoms with Gasteiger partial charge in [-0.3, -0.25) is 10.8 Å². The highest BCUT2D eigenvalue weighted by Gasteiger charge is 2.29. The molecule has 0 spiro atoms. The minimum absolute atomic E-state index is 0.124. The van der Waals surface area contributed by atoms with Crippen LogP contribution in [0, 0.1) is 16.7 Å². The molecule has 1 aliphatic carbocycles. The quantitative estimate of drug-likeness (QED) is 0.437. The van der Waals surface area contributed by atoms with Crippen molar-refractivity contribution < 1.29 is 4.74 Å². The summed E-state index contributed by atoms with van der Waals surface area (Å²) in [6, 6.07) is 9.85. The topological polar surface area (TPSA) is 112 Å². The molecule has 3 aromatic rings. The Kier molecular flexibility index (Phi) is 3.30. The van der Waals surface area contributed by atoms with Crippen LogP contribution in [0.1, 0.15) is 18.4 Å². The van der Waals surface area contributed by atoms with Crippen LogP contribution in [0.5, 0.6) is 0 Å². The zero-order chi connectivity index (χ0) is 16.7. The third kappa shape index (κ3) is 2.62. The predicted octanol–water partition coefficient (Wildman–Crippen LogP) is 3.54. The van der Waals surface area contributed by atoms with E-state index >= 15 is 0 Å². The van der Waals surface area contributed by atoms with Gasteiger partial charge in [0.15, 0.2) is 5.90 Å². The van der Waals surface area contributed by atoms with Crippen molar-refractivity contribution in [3.05, 3.63) is 48.3 Å². The molecule has 6 nitrogen and oxygen atoms in total. The van der Waals surface area contributed by atoms with Crippen LogP contribution in [0.3, 0.4) is 0 Å². The number of nitrogen functional groups attached to an aromatic ring is 1. The molecule has 1 aromatic carbocycles. The normalized spacial score (nSPS) is 13.8. The molecule has 6 heteroatoms. The number of hydrogen-bond donors (Lipinski definition) is 4. The average Bonchev–Trinajstić information content (AvgIpc) is 3.33. The van der Waals surface area contributed by atoms with Crippen molar-refractivity contribution in [2.75, 3.05) is 5.73 Å². The molecule has 2 heterocycles. The molecule has 5 N–H and O–H groups in total. The lowest BCUT2D eigenvalue weighted by molar-refractivity contribution is 0.512. The fourth-order valence-corrected chi connectivity index (χ4v) is 2.64. The maximum Gasteiger partial charge on any atom is 0.224 e. The van der Waals surface area contributed by atoms with Gasteiger partial charge >= 0.3 is 0 Å². The Morgan fingerprint density at radius 2 is 2.00 bits per heavy atom. The second kappa shape index (κ2) is 5.49. The van der Waals surface area contributed by atoms with Crippen LogP contribution in [-0.4, -0.2) is 21.8 Å². The van der Waals surface area contributed by atoms with Gasteiger partial charge in [-0.2, -0.15) is 0 Å². The first-order valence-corrected chi connectivity index (χ1v) is 7.80. The number of fused-ring (bicyclic) bond motifs is 1. The molecule has 0 bridgehead atoms. The maximum absolute atomic E-state index is 8.10. The van der Waals surface area contributed by atoms with E-state index in [2.05, 4.69) is 16.0 Å². The largest absolute Gasteiger partial charge is 0.425 e. The number of nitrogens with two attached hydrogens (primary N) is 1. The van der Waals surface area contributed by atoms with Crippen molar-refractivity contribution >= 4 is 28.5 Å². The highest BCUT2D eigenvalue weighted by Crippen LogP contribution is 2.31. The van der Waals surface area contributed by atoms with E-state index in [1.54, 1.807) is 12.3 Å². The number of nitrogens with one attached hydrogen (secondary N) is 3. The maximum atomic E-state index is 8.10. The first kappa shape index (κ1) is 14.4. The highest BCUT2D eigenvalue weighted by molar-refractivity contribution is 6.03. The number of anilines is 1.